The number of aromatic nitrogens is 6. The highest BCUT2D eigenvalue weighted by molar-refractivity contribution is 5.99. The predicted molar refractivity (Wildman–Crippen MR) is 75.9 cm³/mol. The highest BCUT2D eigenvalue weighted by Crippen LogP contribution is 2.33. The fourth-order valence-electron chi connectivity index (χ4n) is 2.36. The van der Waals surface area contributed by atoms with Gasteiger partial charge in [0.25, 0.3) is 5.95 Å². The zero-order chi connectivity index (χ0) is 14.2. The van der Waals surface area contributed by atoms with E-state index in [-0.39, 0.29) is 5.75 Å². The second kappa shape index (κ2) is 4.41. The summed E-state index contributed by atoms with van der Waals surface area (Å²) in [5.41, 5.74) is 1.90. The van der Waals surface area contributed by atoms with Gasteiger partial charge in [0.05, 0.1) is 6.20 Å². The Bertz CT molecular complexity index is 912. The number of benzene rings is 2. The first-order chi connectivity index (χ1) is 10.3. The van der Waals surface area contributed by atoms with Crippen LogP contribution in [0.2, 0.25) is 0 Å². The molecule has 0 amide bonds. The van der Waals surface area contributed by atoms with E-state index in [4.69, 9.17) is 0 Å². The van der Waals surface area contributed by atoms with Crippen molar-refractivity contribution >= 4 is 10.8 Å². The summed E-state index contributed by atoms with van der Waals surface area (Å²) < 4.78 is 1.54. The molecule has 0 spiro atoms. The van der Waals surface area contributed by atoms with Crippen LogP contribution in [0.5, 0.6) is 5.75 Å². The van der Waals surface area contributed by atoms with Crippen LogP contribution in [0.1, 0.15) is 0 Å². The molecular formula is C14H10N6O. The van der Waals surface area contributed by atoms with Crippen molar-refractivity contribution in [2.24, 2.45) is 0 Å². The molecule has 0 bridgehead atoms. The number of aromatic amines is 1. The lowest BCUT2D eigenvalue weighted by molar-refractivity contribution is 0.481. The van der Waals surface area contributed by atoms with Crippen molar-refractivity contribution in [1.82, 2.24) is 30.4 Å². The molecule has 102 valence electrons. The van der Waals surface area contributed by atoms with Gasteiger partial charge in [-0.15, -0.1) is 5.10 Å². The van der Waals surface area contributed by atoms with Crippen LogP contribution in [-0.4, -0.2) is 35.5 Å². The van der Waals surface area contributed by atoms with Gasteiger partial charge in [0, 0.05) is 17.1 Å². The van der Waals surface area contributed by atoms with Crippen molar-refractivity contribution in [2.75, 3.05) is 0 Å². The van der Waals surface area contributed by atoms with Crippen molar-refractivity contribution in [1.29, 1.82) is 0 Å². The molecule has 4 aromatic rings. The highest BCUT2D eigenvalue weighted by Gasteiger charge is 2.10. The van der Waals surface area contributed by atoms with Crippen molar-refractivity contribution in [3.05, 3.63) is 48.8 Å². The summed E-state index contributed by atoms with van der Waals surface area (Å²) in [5, 5.41) is 29.6. The molecule has 0 saturated carbocycles. The van der Waals surface area contributed by atoms with Crippen LogP contribution in [0, 0.1) is 0 Å². The molecule has 0 aliphatic rings. The molecule has 0 unspecified atom stereocenters. The average Bonchev–Trinajstić information content (AvgIpc) is 3.19. The summed E-state index contributed by atoms with van der Waals surface area (Å²) in [4.78, 5) is 0. The number of nitrogens with zero attached hydrogens (tertiary/aromatic N) is 5. The predicted octanol–water partition coefficient (Wildman–Crippen LogP) is 1.91. The lowest BCUT2D eigenvalue weighted by atomic mass is 10.00. The standard InChI is InChI=1S/C14H10N6O/c21-13-6-5-10(11-3-1-2-4-12(11)13)9-7-15-20(8-9)14-16-18-19-17-14/h1-8,21H,(H,16,17,18,19). The van der Waals surface area contributed by atoms with E-state index in [1.807, 2.05) is 36.5 Å². The van der Waals surface area contributed by atoms with E-state index in [0.717, 1.165) is 21.9 Å². The first-order valence-electron chi connectivity index (χ1n) is 6.32. The van der Waals surface area contributed by atoms with Crippen molar-refractivity contribution < 1.29 is 5.11 Å². The molecule has 7 heteroatoms. The Hall–Kier alpha value is -3.22. The van der Waals surface area contributed by atoms with Gasteiger partial charge in [0.1, 0.15) is 5.75 Å². The van der Waals surface area contributed by atoms with Crippen molar-refractivity contribution in [2.45, 2.75) is 0 Å². The Morgan fingerprint density at radius 1 is 1.05 bits per heavy atom. The van der Waals surface area contributed by atoms with E-state index in [1.165, 1.54) is 0 Å². The maximum atomic E-state index is 9.94. The number of tetrazole rings is 1. The minimum Gasteiger partial charge on any atom is -0.507 e. The number of hydrogen-bond acceptors (Lipinski definition) is 5. The van der Waals surface area contributed by atoms with E-state index in [2.05, 4.69) is 25.7 Å². The van der Waals surface area contributed by atoms with Crippen molar-refractivity contribution in [3.8, 4) is 22.8 Å². The second-order valence-electron chi connectivity index (χ2n) is 4.56. The third-order valence-electron chi connectivity index (χ3n) is 3.33. The molecule has 7 nitrogen and oxygen atoms in total. The molecule has 21 heavy (non-hydrogen) atoms. The minimum absolute atomic E-state index is 0.264. The van der Waals surface area contributed by atoms with Gasteiger partial charge in [-0.05, 0) is 28.3 Å². The number of nitrogens with one attached hydrogen (secondary N) is 1. The fourth-order valence-corrected chi connectivity index (χ4v) is 2.36. The van der Waals surface area contributed by atoms with Crippen LogP contribution >= 0.6 is 0 Å². The van der Waals surface area contributed by atoms with Crippen LogP contribution in [-0.2, 0) is 0 Å². The molecule has 2 aromatic heterocycles. The van der Waals surface area contributed by atoms with E-state index in [9.17, 15) is 5.11 Å². The molecule has 4 rings (SSSR count). The van der Waals surface area contributed by atoms with E-state index >= 15 is 0 Å². The topological polar surface area (TPSA) is 92.5 Å². The van der Waals surface area contributed by atoms with E-state index in [1.54, 1.807) is 16.9 Å². The van der Waals surface area contributed by atoms with Gasteiger partial charge in [-0.2, -0.15) is 10.3 Å². The lowest BCUT2D eigenvalue weighted by Crippen LogP contribution is -1.96. The lowest BCUT2D eigenvalue weighted by Gasteiger charge is -2.06. The number of hydrogen-bond donors (Lipinski definition) is 2. The van der Waals surface area contributed by atoms with Crippen LogP contribution in [0.15, 0.2) is 48.8 Å². The molecule has 0 aliphatic carbocycles. The Labute approximate surface area is 118 Å². The molecule has 0 aliphatic heterocycles. The maximum absolute atomic E-state index is 9.94. The summed E-state index contributed by atoms with van der Waals surface area (Å²) in [5.74, 6) is 0.643. The van der Waals surface area contributed by atoms with Gasteiger partial charge < -0.3 is 5.11 Å². The van der Waals surface area contributed by atoms with Gasteiger partial charge in [-0.3, -0.25) is 0 Å². The normalized spacial score (nSPS) is 11.0. The molecular weight excluding hydrogens is 268 g/mol. The van der Waals surface area contributed by atoms with Crippen LogP contribution < -0.4 is 0 Å². The summed E-state index contributed by atoms with van der Waals surface area (Å²) in [6, 6.07) is 11.2. The third-order valence-corrected chi connectivity index (χ3v) is 3.33. The summed E-state index contributed by atoms with van der Waals surface area (Å²) in [6.07, 6.45) is 3.55. The molecule has 2 aromatic carbocycles. The first kappa shape index (κ1) is 11.6. The molecule has 2 N–H and O–H groups in total. The molecule has 0 fully saturated rings. The number of rotatable bonds is 2. The molecule has 2 heterocycles. The zero-order valence-corrected chi connectivity index (χ0v) is 10.8. The van der Waals surface area contributed by atoms with Crippen LogP contribution in [0.4, 0.5) is 0 Å². The Balaban J connectivity index is 1.90. The summed E-state index contributed by atoms with van der Waals surface area (Å²) in [7, 11) is 0. The monoisotopic (exact) mass is 278 g/mol. The van der Waals surface area contributed by atoms with Crippen LogP contribution in [0.25, 0.3) is 27.8 Å². The van der Waals surface area contributed by atoms with E-state index < -0.39 is 0 Å². The molecule has 0 atom stereocenters. The van der Waals surface area contributed by atoms with Gasteiger partial charge in [-0.1, -0.05) is 29.4 Å². The van der Waals surface area contributed by atoms with Crippen LogP contribution in [0.3, 0.4) is 0 Å². The molecule has 0 radical (unpaired) electrons. The Morgan fingerprint density at radius 3 is 2.71 bits per heavy atom. The minimum atomic E-state index is 0.264. The second-order valence-corrected chi connectivity index (χ2v) is 4.56. The molecule has 0 saturated heterocycles. The van der Waals surface area contributed by atoms with Crippen molar-refractivity contribution in [3.63, 3.8) is 0 Å². The maximum Gasteiger partial charge on any atom is 0.290 e. The highest BCUT2D eigenvalue weighted by atomic mass is 16.3. The van der Waals surface area contributed by atoms with Gasteiger partial charge in [0.2, 0.25) is 0 Å². The zero-order valence-electron chi connectivity index (χ0n) is 10.8. The Kier molecular flexibility index (Phi) is 2.43. The SMILES string of the molecule is Oc1ccc(-c2cnn(-c3nn[nH]n3)c2)c2ccccc12. The fraction of sp³-hybridized carbons (Fsp3) is 0. The average molecular weight is 278 g/mol. The van der Waals surface area contributed by atoms with E-state index in [0.29, 0.717) is 5.95 Å². The number of phenols is 1. The largest absolute Gasteiger partial charge is 0.507 e. The number of phenolic OH excluding ortho intramolecular Hbond substituents is 1. The summed E-state index contributed by atoms with van der Waals surface area (Å²) in [6.45, 7) is 0. The summed E-state index contributed by atoms with van der Waals surface area (Å²) >= 11 is 0. The van der Waals surface area contributed by atoms with Gasteiger partial charge in [-0.25, -0.2) is 4.68 Å². The van der Waals surface area contributed by atoms with Gasteiger partial charge in [0.15, 0.2) is 0 Å². The Morgan fingerprint density at radius 2 is 1.90 bits per heavy atom. The third kappa shape index (κ3) is 1.83. The number of aromatic hydroxyl groups is 1. The van der Waals surface area contributed by atoms with Gasteiger partial charge >= 0.3 is 0 Å². The first-order valence-corrected chi connectivity index (χ1v) is 6.32. The smallest absolute Gasteiger partial charge is 0.290 e. The number of H-pyrrole nitrogens is 1. The quantitative estimate of drug-likeness (QED) is 0.584. The number of fused-ring (bicyclic) bond motifs is 1.